The molecule has 0 unspecified atom stereocenters. The molecule has 15 heavy (non-hydrogen) atoms. The zero-order valence-electron chi connectivity index (χ0n) is 10.9. The molecule has 1 nitrogen and oxygen atoms in total. The first-order chi connectivity index (χ1) is 7.41. The minimum atomic E-state index is 0.228. The lowest BCUT2D eigenvalue weighted by molar-refractivity contribution is 0.215. The van der Waals surface area contributed by atoms with Gasteiger partial charge in [0.15, 0.2) is 0 Å². The predicted molar refractivity (Wildman–Crippen MR) is 72.6 cm³/mol. The van der Waals surface area contributed by atoms with Crippen LogP contribution in [0.3, 0.4) is 0 Å². The summed E-state index contributed by atoms with van der Waals surface area (Å²) in [6.07, 6.45) is 11.6. The van der Waals surface area contributed by atoms with E-state index in [1.165, 1.54) is 57.4 Å². The van der Waals surface area contributed by atoms with E-state index in [1.807, 2.05) is 7.11 Å². The fourth-order valence-electron chi connectivity index (χ4n) is 1.91. The standard InChI is InChI=1S/C13H30OSi/c1-3-4-5-6-7-8-9-10-12-15-13-11-14-2/h3-13,15H2,1-2H3. The van der Waals surface area contributed by atoms with Crippen LogP contribution in [0.1, 0.15) is 58.3 Å². The highest BCUT2D eigenvalue weighted by molar-refractivity contribution is 6.35. The first-order valence-electron chi connectivity index (χ1n) is 6.90. The summed E-state index contributed by atoms with van der Waals surface area (Å²) in [5.74, 6) is 0. The molecule has 2 heteroatoms. The monoisotopic (exact) mass is 230 g/mol. The van der Waals surface area contributed by atoms with Gasteiger partial charge in [0.1, 0.15) is 0 Å². The molecule has 0 aliphatic rings. The zero-order valence-corrected chi connectivity index (χ0v) is 12.3. The van der Waals surface area contributed by atoms with Crippen molar-refractivity contribution < 1.29 is 4.74 Å². The van der Waals surface area contributed by atoms with Crippen LogP contribution in [-0.2, 0) is 4.74 Å². The molecule has 0 N–H and O–H groups in total. The maximum Gasteiger partial charge on any atom is 0.0433 e. The summed E-state index contributed by atoms with van der Waals surface area (Å²) in [6, 6.07) is 2.92. The Labute approximate surface area is 98.8 Å². The molecule has 0 atom stereocenters. The normalized spacial score (nSPS) is 11.6. The zero-order chi connectivity index (χ0) is 11.2. The largest absolute Gasteiger partial charge is 0.385 e. The number of unbranched alkanes of at least 4 members (excludes halogenated alkanes) is 7. The first kappa shape index (κ1) is 15.2. The van der Waals surface area contributed by atoms with E-state index in [9.17, 15) is 0 Å². The van der Waals surface area contributed by atoms with Gasteiger partial charge in [0, 0.05) is 23.2 Å². The first-order valence-corrected chi connectivity index (χ1v) is 8.90. The van der Waals surface area contributed by atoms with Gasteiger partial charge in [0.25, 0.3) is 0 Å². The topological polar surface area (TPSA) is 9.23 Å². The van der Waals surface area contributed by atoms with Crippen LogP contribution < -0.4 is 0 Å². The van der Waals surface area contributed by atoms with Crippen molar-refractivity contribution in [3.63, 3.8) is 0 Å². The second-order valence-corrected chi connectivity index (χ2v) is 6.65. The number of methoxy groups -OCH3 is 1. The van der Waals surface area contributed by atoms with Gasteiger partial charge in [-0.15, -0.1) is 0 Å². The fraction of sp³-hybridized carbons (Fsp3) is 1.00. The second kappa shape index (κ2) is 14.2. The van der Waals surface area contributed by atoms with Crippen molar-refractivity contribution in [2.24, 2.45) is 0 Å². The molecule has 0 aromatic heterocycles. The molecular formula is C13H30OSi. The summed E-state index contributed by atoms with van der Waals surface area (Å²) < 4.78 is 5.06. The van der Waals surface area contributed by atoms with E-state index in [0.29, 0.717) is 0 Å². The third-order valence-electron chi connectivity index (χ3n) is 2.95. The lowest BCUT2D eigenvalue weighted by Gasteiger charge is -2.01. The number of ether oxygens (including phenoxy) is 1. The van der Waals surface area contributed by atoms with Crippen molar-refractivity contribution in [1.29, 1.82) is 0 Å². The molecule has 0 aliphatic heterocycles. The maximum absolute atomic E-state index is 5.06. The second-order valence-electron chi connectivity index (χ2n) is 4.53. The number of hydrogen-bond acceptors (Lipinski definition) is 1. The Balaban J connectivity index is 2.81. The van der Waals surface area contributed by atoms with Crippen LogP contribution in [-0.4, -0.2) is 23.2 Å². The Bertz CT molecular complexity index is 94.7. The van der Waals surface area contributed by atoms with Gasteiger partial charge in [0.2, 0.25) is 0 Å². The van der Waals surface area contributed by atoms with E-state index in [2.05, 4.69) is 6.92 Å². The SMILES string of the molecule is CCCCCCCCCC[SiH2]CCOC. The van der Waals surface area contributed by atoms with Gasteiger partial charge in [-0.3, -0.25) is 0 Å². The lowest BCUT2D eigenvalue weighted by atomic mass is 10.1. The highest BCUT2D eigenvalue weighted by Crippen LogP contribution is 2.09. The Morgan fingerprint density at radius 3 is 2.00 bits per heavy atom. The highest BCUT2D eigenvalue weighted by Gasteiger charge is 1.92. The summed E-state index contributed by atoms with van der Waals surface area (Å²) in [5, 5.41) is 0. The molecule has 0 spiro atoms. The molecule has 0 rings (SSSR count). The maximum atomic E-state index is 5.06. The molecule has 0 saturated heterocycles. The molecule has 92 valence electrons. The van der Waals surface area contributed by atoms with Gasteiger partial charge in [-0.2, -0.15) is 0 Å². The summed E-state index contributed by atoms with van der Waals surface area (Å²) in [4.78, 5) is 0. The van der Waals surface area contributed by atoms with E-state index in [-0.39, 0.29) is 9.52 Å². The van der Waals surface area contributed by atoms with Gasteiger partial charge in [-0.25, -0.2) is 0 Å². The minimum Gasteiger partial charge on any atom is -0.385 e. The van der Waals surface area contributed by atoms with Crippen LogP contribution in [0.25, 0.3) is 0 Å². The Kier molecular flexibility index (Phi) is 14.3. The highest BCUT2D eigenvalue weighted by atomic mass is 28.2. The third-order valence-corrected chi connectivity index (χ3v) is 4.74. The minimum absolute atomic E-state index is 0.228. The molecule has 0 aliphatic carbocycles. The van der Waals surface area contributed by atoms with E-state index >= 15 is 0 Å². The fourth-order valence-corrected chi connectivity index (χ4v) is 3.46. The smallest absolute Gasteiger partial charge is 0.0433 e. The number of rotatable bonds is 12. The van der Waals surface area contributed by atoms with Crippen LogP contribution in [0, 0.1) is 0 Å². The van der Waals surface area contributed by atoms with Gasteiger partial charge in [-0.05, 0) is 6.04 Å². The van der Waals surface area contributed by atoms with Crippen molar-refractivity contribution in [1.82, 2.24) is 0 Å². The van der Waals surface area contributed by atoms with E-state index in [4.69, 9.17) is 4.74 Å². The molecule has 0 saturated carbocycles. The van der Waals surface area contributed by atoms with Crippen LogP contribution in [0.5, 0.6) is 0 Å². The van der Waals surface area contributed by atoms with Crippen LogP contribution in [0.2, 0.25) is 12.1 Å². The van der Waals surface area contributed by atoms with Crippen LogP contribution in [0.4, 0.5) is 0 Å². The van der Waals surface area contributed by atoms with Gasteiger partial charge >= 0.3 is 0 Å². The summed E-state index contributed by atoms with van der Waals surface area (Å²) in [5.41, 5.74) is 0. The van der Waals surface area contributed by atoms with Crippen molar-refractivity contribution in [3.8, 4) is 0 Å². The van der Waals surface area contributed by atoms with E-state index in [0.717, 1.165) is 6.61 Å². The van der Waals surface area contributed by atoms with Crippen LogP contribution in [0.15, 0.2) is 0 Å². The average molecular weight is 230 g/mol. The van der Waals surface area contributed by atoms with Crippen molar-refractivity contribution in [2.75, 3.05) is 13.7 Å². The Morgan fingerprint density at radius 2 is 1.40 bits per heavy atom. The molecule has 0 bridgehead atoms. The summed E-state index contributed by atoms with van der Waals surface area (Å²) in [7, 11) is 2.04. The molecular weight excluding hydrogens is 200 g/mol. The Hall–Kier alpha value is 0.177. The Morgan fingerprint density at radius 1 is 0.800 bits per heavy atom. The quantitative estimate of drug-likeness (QED) is 0.366. The molecule has 0 aromatic carbocycles. The van der Waals surface area contributed by atoms with Crippen LogP contribution >= 0.6 is 0 Å². The van der Waals surface area contributed by atoms with Crippen molar-refractivity contribution >= 4 is 9.52 Å². The molecule has 0 aromatic rings. The van der Waals surface area contributed by atoms with E-state index < -0.39 is 0 Å². The van der Waals surface area contributed by atoms with Gasteiger partial charge < -0.3 is 4.74 Å². The summed E-state index contributed by atoms with van der Waals surface area (Å²) in [6.45, 7) is 3.29. The summed E-state index contributed by atoms with van der Waals surface area (Å²) >= 11 is 0. The average Bonchev–Trinajstić information content (AvgIpc) is 2.26. The van der Waals surface area contributed by atoms with Crippen molar-refractivity contribution in [3.05, 3.63) is 0 Å². The van der Waals surface area contributed by atoms with Crippen molar-refractivity contribution in [2.45, 2.75) is 70.4 Å². The van der Waals surface area contributed by atoms with E-state index in [1.54, 1.807) is 6.04 Å². The molecule has 0 amide bonds. The predicted octanol–water partition coefficient (Wildman–Crippen LogP) is 3.78. The van der Waals surface area contributed by atoms with Gasteiger partial charge in [0.05, 0.1) is 0 Å². The van der Waals surface area contributed by atoms with Gasteiger partial charge in [-0.1, -0.05) is 64.3 Å². The molecule has 0 heterocycles. The molecule has 0 fully saturated rings. The third kappa shape index (κ3) is 14.2. The lowest BCUT2D eigenvalue weighted by Crippen LogP contribution is -1.95. The molecule has 0 radical (unpaired) electrons. The number of hydrogen-bond donors (Lipinski definition) is 0.